The Morgan fingerprint density at radius 3 is 2.74 bits per heavy atom. The van der Waals surface area contributed by atoms with Gasteiger partial charge in [0.2, 0.25) is 5.88 Å². The van der Waals surface area contributed by atoms with Gasteiger partial charge in [-0.2, -0.15) is 13.2 Å². The minimum Gasteiger partial charge on any atom is -0.438 e. The second kappa shape index (κ2) is 5.04. The van der Waals surface area contributed by atoms with Crippen LogP contribution in [0, 0.1) is 0 Å². The fraction of sp³-hybridized carbons (Fsp3) is 0.0909. The molecule has 2 aromatic rings. The van der Waals surface area contributed by atoms with Crippen LogP contribution in [0.4, 0.5) is 13.2 Å². The second-order valence-electron chi connectivity index (χ2n) is 3.48. The molecule has 1 N–H and O–H groups in total. The molecule has 0 radical (unpaired) electrons. The SMILES string of the molecule is O=c1[nH]cnc(Oc2cccc(C(F)(F)F)c2)c1Br. The lowest BCUT2D eigenvalue weighted by molar-refractivity contribution is -0.137. The molecule has 0 bridgehead atoms. The molecule has 100 valence electrons. The van der Waals surface area contributed by atoms with Gasteiger partial charge in [-0.15, -0.1) is 0 Å². The van der Waals surface area contributed by atoms with E-state index in [0.717, 1.165) is 18.5 Å². The van der Waals surface area contributed by atoms with Crippen LogP contribution in [0.1, 0.15) is 5.56 Å². The molecule has 0 aliphatic rings. The van der Waals surface area contributed by atoms with E-state index in [-0.39, 0.29) is 16.1 Å². The minimum atomic E-state index is -4.46. The van der Waals surface area contributed by atoms with Gasteiger partial charge in [0.15, 0.2) is 0 Å². The summed E-state index contributed by atoms with van der Waals surface area (Å²) < 4.78 is 42.7. The molecule has 19 heavy (non-hydrogen) atoms. The summed E-state index contributed by atoms with van der Waals surface area (Å²) in [6, 6.07) is 4.30. The third-order valence-corrected chi connectivity index (χ3v) is 2.84. The number of aromatic amines is 1. The lowest BCUT2D eigenvalue weighted by Crippen LogP contribution is -2.08. The largest absolute Gasteiger partial charge is 0.438 e. The van der Waals surface area contributed by atoms with Crippen LogP contribution in [0.3, 0.4) is 0 Å². The van der Waals surface area contributed by atoms with Crippen molar-refractivity contribution in [1.82, 2.24) is 9.97 Å². The molecule has 0 fully saturated rings. The summed E-state index contributed by atoms with van der Waals surface area (Å²) in [7, 11) is 0. The molecule has 8 heteroatoms. The van der Waals surface area contributed by atoms with Crippen molar-refractivity contribution < 1.29 is 17.9 Å². The number of nitrogens with one attached hydrogen (secondary N) is 1. The molecule has 0 spiro atoms. The van der Waals surface area contributed by atoms with Gasteiger partial charge >= 0.3 is 6.18 Å². The van der Waals surface area contributed by atoms with Crippen molar-refractivity contribution >= 4 is 15.9 Å². The fourth-order valence-corrected chi connectivity index (χ4v) is 1.58. The smallest absolute Gasteiger partial charge is 0.416 e. The highest BCUT2D eigenvalue weighted by Gasteiger charge is 2.30. The summed E-state index contributed by atoms with van der Waals surface area (Å²) in [4.78, 5) is 17.3. The monoisotopic (exact) mass is 334 g/mol. The number of alkyl halides is 3. The van der Waals surface area contributed by atoms with Crippen LogP contribution in [0.25, 0.3) is 0 Å². The van der Waals surface area contributed by atoms with E-state index in [2.05, 4.69) is 25.9 Å². The van der Waals surface area contributed by atoms with Gasteiger partial charge in [0.25, 0.3) is 5.56 Å². The number of ether oxygens (including phenoxy) is 1. The van der Waals surface area contributed by atoms with Crippen LogP contribution in [0.15, 0.2) is 39.9 Å². The summed E-state index contributed by atoms with van der Waals surface area (Å²) in [6.07, 6.45) is -3.37. The van der Waals surface area contributed by atoms with E-state index in [4.69, 9.17) is 4.74 Å². The molecule has 0 amide bonds. The van der Waals surface area contributed by atoms with E-state index in [1.807, 2.05) is 0 Å². The Hall–Kier alpha value is -1.83. The normalized spacial score (nSPS) is 11.4. The van der Waals surface area contributed by atoms with Crippen molar-refractivity contribution in [3.63, 3.8) is 0 Å². The summed E-state index contributed by atoms with van der Waals surface area (Å²) in [5.41, 5.74) is -1.33. The third-order valence-electron chi connectivity index (χ3n) is 2.14. The van der Waals surface area contributed by atoms with E-state index in [1.54, 1.807) is 0 Å². The summed E-state index contributed by atoms with van der Waals surface area (Å²) >= 11 is 2.94. The average molecular weight is 335 g/mol. The number of nitrogens with zero attached hydrogens (tertiary/aromatic N) is 1. The van der Waals surface area contributed by atoms with Crippen LogP contribution >= 0.6 is 15.9 Å². The van der Waals surface area contributed by atoms with Gasteiger partial charge in [-0.05, 0) is 34.1 Å². The Kier molecular flexibility index (Phi) is 3.61. The van der Waals surface area contributed by atoms with Gasteiger partial charge in [0.05, 0.1) is 11.9 Å². The highest BCUT2D eigenvalue weighted by atomic mass is 79.9. The topological polar surface area (TPSA) is 55.0 Å². The van der Waals surface area contributed by atoms with Crippen molar-refractivity contribution in [3.05, 3.63) is 51.0 Å². The van der Waals surface area contributed by atoms with E-state index in [0.29, 0.717) is 0 Å². The Morgan fingerprint density at radius 2 is 2.05 bits per heavy atom. The van der Waals surface area contributed by atoms with E-state index in [9.17, 15) is 18.0 Å². The van der Waals surface area contributed by atoms with Crippen LogP contribution in [-0.4, -0.2) is 9.97 Å². The van der Waals surface area contributed by atoms with E-state index < -0.39 is 17.3 Å². The van der Waals surface area contributed by atoms with Crippen molar-refractivity contribution in [2.24, 2.45) is 0 Å². The summed E-state index contributed by atoms with van der Waals surface area (Å²) in [6.45, 7) is 0. The second-order valence-corrected chi connectivity index (χ2v) is 4.27. The molecule has 0 saturated carbocycles. The molecule has 0 atom stereocenters. The predicted octanol–water partition coefficient (Wildman–Crippen LogP) is 3.34. The van der Waals surface area contributed by atoms with Gasteiger partial charge in [-0.3, -0.25) is 4.79 Å². The quantitative estimate of drug-likeness (QED) is 0.916. The first-order chi connectivity index (χ1) is 8.88. The Labute approximate surface area is 113 Å². The number of rotatable bonds is 2. The van der Waals surface area contributed by atoms with E-state index >= 15 is 0 Å². The van der Waals surface area contributed by atoms with Crippen molar-refractivity contribution in [2.75, 3.05) is 0 Å². The third kappa shape index (κ3) is 3.14. The van der Waals surface area contributed by atoms with Crippen molar-refractivity contribution in [1.29, 1.82) is 0 Å². The molecular weight excluding hydrogens is 329 g/mol. The van der Waals surface area contributed by atoms with Gasteiger partial charge in [0.1, 0.15) is 10.2 Å². The van der Waals surface area contributed by atoms with E-state index in [1.165, 1.54) is 12.1 Å². The molecular formula is C11H6BrF3N2O2. The van der Waals surface area contributed by atoms with Crippen molar-refractivity contribution in [3.8, 4) is 11.6 Å². The highest BCUT2D eigenvalue weighted by Crippen LogP contribution is 2.33. The molecule has 2 rings (SSSR count). The fourth-order valence-electron chi connectivity index (χ4n) is 1.29. The zero-order valence-corrected chi connectivity index (χ0v) is 10.7. The number of benzene rings is 1. The Bertz CT molecular complexity index is 655. The molecule has 1 heterocycles. The zero-order chi connectivity index (χ0) is 14.0. The van der Waals surface area contributed by atoms with Crippen LogP contribution in [0.5, 0.6) is 11.6 Å². The van der Waals surface area contributed by atoms with Crippen LogP contribution in [0.2, 0.25) is 0 Å². The summed E-state index contributed by atoms with van der Waals surface area (Å²) in [5.74, 6) is -0.170. The van der Waals surface area contributed by atoms with Crippen LogP contribution < -0.4 is 10.3 Å². The van der Waals surface area contributed by atoms with Crippen LogP contribution in [-0.2, 0) is 6.18 Å². The number of halogens is 4. The number of aromatic nitrogens is 2. The minimum absolute atomic E-state index is 0.00686. The molecule has 4 nitrogen and oxygen atoms in total. The molecule has 0 aliphatic heterocycles. The predicted molar refractivity (Wildman–Crippen MR) is 64.1 cm³/mol. The standard InChI is InChI=1S/C11H6BrF3N2O2/c12-8-9(18)16-5-17-10(8)19-7-3-1-2-6(4-7)11(13,14)15/h1-5H,(H,16,17,18). The maximum Gasteiger partial charge on any atom is 0.416 e. The lowest BCUT2D eigenvalue weighted by Gasteiger charge is -2.09. The molecule has 1 aromatic heterocycles. The Morgan fingerprint density at radius 1 is 1.32 bits per heavy atom. The number of hydrogen-bond acceptors (Lipinski definition) is 3. The Balaban J connectivity index is 2.34. The first-order valence-electron chi connectivity index (χ1n) is 4.96. The molecule has 0 unspecified atom stereocenters. The van der Waals surface area contributed by atoms with Gasteiger partial charge < -0.3 is 9.72 Å². The first kappa shape index (κ1) is 13.6. The zero-order valence-electron chi connectivity index (χ0n) is 9.16. The van der Waals surface area contributed by atoms with Gasteiger partial charge in [-0.25, -0.2) is 4.98 Å². The first-order valence-corrected chi connectivity index (χ1v) is 5.75. The van der Waals surface area contributed by atoms with Gasteiger partial charge in [0, 0.05) is 0 Å². The highest BCUT2D eigenvalue weighted by molar-refractivity contribution is 9.10. The number of hydrogen-bond donors (Lipinski definition) is 1. The maximum atomic E-state index is 12.5. The molecule has 0 saturated heterocycles. The maximum absolute atomic E-state index is 12.5. The lowest BCUT2D eigenvalue weighted by atomic mass is 10.2. The van der Waals surface area contributed by atoms with Crippen molar-refractivity contribution in [2.45, 2.75) is 6.18 Å². The molecule has 0 aliphatic carbocycles. The number of H-pyrrole nitrogens is 1. The summed E-state index contributed by atoms with van der Waals surface area (Å²) in [5, 5.41) is 0. The molecule has 1 aromatic carbocycles. The van der Waals surface area contributed by atoms with Gasteiger partial charge in [-0.1, -0.05) is 6.07 Å². The average Bonchev–Trinajstić information content (AvgIpc) is 2.34.